The Morgan fingerprint density at radius 1 is 1.00 bits per heavy atom. The summed E-state index contributed by atoms with van der Waals surface area (Å²) in [4.78, 5) is 4.73. The van der Waals surface area contributed by atoms with Crippen molar-refractivity contribution in [2.75, 3.05) is 44.7 Å². The van der Waals surface area contributed by atoms with Crippen LogP contribution in [0.2, 0.25) is 0 Å². The van der Waals surface area contributed by atoms with Crippen molar-refractivity contribution < 1.29 is 9.84 Å². The van der Waals surface area contributed by atoms with E-state index < -0.39 is 0 Å². The molecule has 24 heavy (non-hydrogen) atoms. The molecule has 0 bridgehead atoms. The topological polar surface area (TPSA) is 35.9 Å². The zero-order chi connectivity index (χ0) is 16.8. The summed E-state index contributed by atoms with van der Waals surface area (Å²) in [6.07, 6.45) is 0.410. The average molecular weight is 326 g/mol. The SMILES string of the molecule is COc1cccc(N2CCN(CC(O)Cc3ccccc3)CC2)c1. The maximum absolute atomic E-state index is 10.3. The van der Waals surface area contributed by atoms with Crippen molar-refractivity contribution in [3.63, 3.8) is 0 Å². The number of benzene rings is 2. The van der Waals surface area contributed by atoms with Gasteiger partial charge in [-0.05, 0) is 24.1 Å². The van der Waals surface area contributed by atoms with Gasteiger partial charge in [-0.2, -0.15) is 0 Å². The fraction of sp³-hybridized carbons (Fsp3) is 0.400. The van der Waals surface area contributed by atoms with Gasteiger partial charge in [-0.15, -0.1) is 0 Å². The molecule has 2 aromatic rings. The summed E-state index contributed by atoms with van der Waals surface area (Å²) in [7, 11) is 1.70. The van der Waals surface area contributed by atoms with Gasteiger partial charge in [0.15, 0.2) is 0 Å². The minimum absolute atomic E-state index is 0.309. The van der Waals surface area contributed by atoms with Crippen LogP contribution >= 0.6 is 0 Å². The Kier molecular flexibility index (Phi) is 5.72. The van der Waals surface area contributed by atoms with Crippen LogP contribution in [0.5, 0.6) is 5.75 Å². The molecule has 0 aliphatic carbocycles. The van der Waals surface area contributed by atoms with E-state index >= 15 is 0 Å². The van der Waals surface area contributed by atoms with Crippen LogP contribution in [-0.2, 0) is 6.42 Å². The number of aliphatic hydroxyl groups excluding tert-OH is 1. The second-order valence-electron chi connectivity index (χ2n) is 6.33. The van der Waals surface area contributed by atoms with Crippen molar-refractivity contribution in [1.29, 1.82) is 0 Å². The molecule has 3 rings (SSSR count). The van der Waals surface area contributed by atoms with Gasteiger partial charge in [-0.3, -0.25) is 4.90 Å². The Hall–Kier alpha value is -2.04. The lowest BCUT2D eigenvalue weighted by molar-refractivity contribution is 0.109. The number of rotatable bonds is 6. The quantitative estimate of drug-likeness (QED) is 0.884. The van der Waals surface area contributed by atoms with Gasteiger partial charge in [-0.1, -0.05) is 36.4 Å². The number of β-amino-alcohol motifs (C(OH)–C–C–N with tert-alkyl or cyclic N) is 1. The van der Waals surface area contributed by atoms with Crippen LogP contribution in [0, 0.1) is 0 Å². The zero-order valence-electron chi connectivity index (χ0n) is 14.3. The molecule has 1 saturated heterocycles. The van der Waals surface area contributed by atoms with Gasteiger partial charge in [0.2, 0.25) is 0 Å². The van der Waals surface area contributed by atoms with Gasteiger partial charge in [0.1, 0.15) is 5.75 Å². The highest BCUT2D eigenvalue weighted by atomic mass is 16.5. The van der Waals surface area contributed by atoms with E-state index in [1.165, 1.54) is 11.3 Å². The van der Waals surface area contributed by atoms with E-state index in [-0.39, 0.29) is 6.10 Å². The molecular formula is C20H26N2O2. The van der Waals surface area contributed by atoms with Crippen LogP contribution in [0.15, 0.2) is 54.6 Å². The standard InChI is InChI=1S/C20H26N2O2/c1-24-20-9-5-8-18(15-20)22-12-10-21(11-13-22)16-19(23)14-17-6-3-2-4-7-17/h2-9,15,19,23H,10-14,16H2,1H3. The van der Waals surface area contributed by atoms with Crippen LogP contribution in [0.25, 0.3) is 0 Å². The van der Waals surface area contributed by atoms with Crippen molar-refractivity contribution in [2.24, 2.45) is 0 Å². The molecule has 1 aliphatic rings. The molecule has 0 aromatic heterocycles. The van der Waals surface area contributed by atoms with E-state index in [0.29, 0.717) is 0 Å². The molecule has 128 valence electrons. The Bertz CT molecular complexity index is 625. The van der Waals surface area contributed by atoms with E-state index in [1.807, 2.05) is 30.3 Å². The first kappa shape index (κ1) is 16.8. The van der Waals surface area contributed by atoms with Crippen LogP contribution in [0.1, 0.15) is 5.56 Å². The third kappa shape index (κ3) is 4.49. The van der Waals surface area contributed by atoms with E-state index in [4.69, 9.17) is 4.74 Å². The molecule has 1 fully saturated rings. The number of anilines is 1. The number of hydrogen-bond donors (Lipinski definition) is 1. The number of ether oxygens (including phenoxy) is 1. The minimum Gasteiger partial charge on any atom is -0.497 e. The molecule has 1 unspecified atom stereocenters. The number of hydrogen-bond acceptors (Lipinski definition) is 4. The predicted octanol–water partition coefficient (Wildman–Crippen LogP) is 2.42. The van der Waals surface area contributed by atoms with Gasteiger partial charge in [0, 0.05) is 44.5 Å². The van der Waals surface area contributed by atoms with E-state index in [2.05, 4.69) is 34.1 Å². The highest BCUT2D eigenvalue weighted by Gasteiger charge is 2.19. The molecule has 1 aliphatic heterocycles. The molecule has 1 atom stereocenters. The Balaban J connectivity index is 1.48. The molecule has 4 nitrogen and oxygen atoms in total. The number of nitrogens with zero attached hydrogens (tertiary/aromatic N) is 2. The van der Waals surface area contributed by atoms with E-state index in [0.717, 1.165) is 44.9 Å². The highest BCUT2D eigenvalue weighted by molar-refractivity contribution is 5.51. The molecule has 0 spiro atoms. The summed E-state index contributed by atoms with van der Waals surface area (Å²) in [5.74, 6) is 0.896. The van der Waals surface area contributed by atoms with Crippen LogP contribution in [0.4, 0.5) is 5.69 Å². The third-order valence-electron chi connectivity index (χ3n) is 4.57. The summed E-state index contributed by atoms with van der Waals surface area (Å²) in [6.45, 7) is 4.64. The minimum atomic E-state index is -0.309. The molecule has 4 heteroatoms. The maximum Gasteiger partial charge on any atom is 0.120 e. The fourth-order valence-corrected chi connectivity index (χ4v) is 3.24. The third-order valence-corrected chi connectivity index (χ3v) is 4.57. The lowest BCUT2D eigenvalue weighted by Gasteiger charge is -2.37. The first-order chi connectivity index (χ1) is 11.7. The summed E-state index contributed by atoms with van der Waals surface area (Å²) in [6, 6.07) is 18.4. The Morgan fingerprint density at radius 2 is 1.75 bits per heavy atom. The van der Waals surface area contributed by atoms with Crippen LogP contribution in [0.3, 0.4) is 0 Å². The molecule has 2 aromatic carbocycles. The summed E-state index contributed by atoms with van der Waals surface area (Å²) < 4.78 is 5.31. The van der Waals surface area contributed by atoms with Crippen molar-refractivity contribution >= 4 is 5.69 Å². The van der Waals surface area contributed by atoms with Gasteiger partial charge < -0.3 is 14.7 Å². The average Bonchev–Trinajstić information content (AvgIpc) is 2.63. The maximum atomic E-state index is 10.3. The smallest absolute Gasteiger partial charge is 0.120 e. The van der Waals surface area contributed by atoms with Gasteiger partial charge in [0.05, 0.1) is 13.2 Å². The largest absolute Gasteiger partial charge is 0.497 e. The predicted molar refractivity (Wildman–Crippen MR) is 97.8 cm³/mol. The number of piperazine rings is 1. The first-order valence-electron chi connectivity index (χ1n) is 8.58. The first-order valence-corrected chi connectivity index (χ1v) is 8.58. The van der Waals surface area contributed by atoms with Crippen molar-refractivity contribution in [3.8, 4) is 5.75 Å². The van der Waals surface area contributed by atoms with Crippen molar-refractivity contribution in [3.05, 3.63) is 60.2 Å². The second-order valence-corrected chi connectivity index (χ2v) is 6.33. The fourth-order valence-electron chi connectivity index (χ4n) is 3.24. The number of methoxy groups -OCH3 is 1. The summed E-state index contributed by atoms with van der Waals surface area (Å²) >= 11 is 0. The molecular weight excluding hydrogens is 300 g/mol. The summed E-state index contributed by atoms with van der Waals surface area (Å²) in [5, 5.41) is 10.3. The lowest BCUT2D eigenvalue weighted by atomic mass is 10.1. The monoisotopic (exact) mass is 326 g/mol. The second kappa shape index (κ2) is 8.18. The highest BCUT2D eigenvalue weighted by Crippen LogP contribution is 2.22. The van der Waals surface area contributed by atoms with E-state index in [9.17, 15) is 5.11 Å². The van der Waals surface area contributed by atoms with Gasteiger partial charge in [-0.25, -0.2) is 0 Å². The van der Waals surface area contributed by atoms with E-state index in [1.54, 1.807) is 7.11 Å². The van der Waals surface area contributed by atoms with Crippen molar-refractivity contribution in [2.45, 2.75) is 12.5 Å². The number of aliphatic hydroxyl groups is 1. The Labute approximate surface area is 144 Å². The lowest BCUT2D eigenvalue weighted by Crippen LogP contribution is -2.48. The Morgan fingerprint density at radius 3 is 2.46 bits per heavy atom. The summed E-state index contributed by atoms with van der Waals surface area (Å²) in [5.41, 5.74) is 2.40. The normalized spacial score (nSPS) is 16.8. The molecule has 1 heterocycles. The van der Waals surface area contributed by atoms with Crippen molar-refractivity contribution in [1.82, 2.24) is 4.90 Å². The van der Waals surface area contributed by atoms with Crippen LogP contribution in [-0.4, -0.2) is 55.9 Å². The van der Waals surface area contributed by atoms with Gasteiger partial charge in [0.25, 0.3) is 0 Å². The molecule has 0 amide bonds. The molecule has 1 N–H and O–H groups in total. The van der Waals surface area contributed by atoms with Gasteiger partial charge >= 0.3 is 0 Å². The zero-order valence-corrected chi connectivity index (χ0v) is 14.3. The molecule has 0 radical (unpaired) electrons. The molecule has 0 saturated carbocycles. The van der Waals surface area contributed by atoms with Crippen LogP contribution < -0.4 is 9.64 Å².